The highest BCUT2D eigenvalue weighted by Crippen LogP contribution is 2.37. The molecule has 7 nitrogen and oxygen atoms in total. The molecule has 3 rings (SSSR count). The summed E-state index contributed by atoms with van der Waals surface area (Å²) in [6, 6.07) is 15.2. The summed E-state index contributed by atoms with van der Waals surface area (Å²) >= 11 is 0. The number of aromatic amines is 1. The van der Waals surface area contributed by atoms with Crippen molar-refractivity contribution in [3.8, 4) is 28.7 Å². The van der Waals surface area contributed by atoms with E-state index in [4.69, 9.17) is 4.74 Å². The second kappa shape index (κ2) is 7.84. The number of nitrogens with zero attached hydrogens (tertiary/aromatic N) is 2. The van der Waals surface area contributed by atoms with Crippen LogP contribution in [-0.2, 0) is 5.41 Å². The molecule has 0 unspecified atom stereocenters. The summed E-state index contributed by atoms with van der Waals surface area (Å²) in [6.07, 6.45) is 0. The Labute approximate surface area is 173 Å². The van der Waals surface area contributed by atoms with Crippen molar-refractivity contribution in [3.63, 3.8) is 0 Å². The number of aryl methyl sites for hydroxylation is 1. The fraction of sp³-hybridized carbons (Fsp3) is 0.217. The lowest BCUT2D eigenvalue weighted by Gasteiger charge is -2.19. The lowest BCUT2D eigenvalue weighted by molar-refractivity contribution is -0.384. The number of nitriles is 1. The quantitative estimate of drug-likeness (QED) is 0.474. The third kappa shape index (κ3) is 4.23. The van der Waals surface area contributed by atoms with Crippen LogP contribution < -0.4 is 10.3 Å². The minimum atomic E-state index is -0.556. The van der Waals surface area contributed by atoms with Gasteiger partial charge in [0.25, 0.3) is 11.2 Å². The van der Waals surface area contributed by atoms with E-state index in [1.54, 1.807) is 13.0 Å². The van der Waals surface area contributed by atoms with Crippen molar-refractivity contribution in [3.05, 3.63) is 85.8 Å². The maximum atomic E-state index is 12.2. The highest BCUT2D eigenvalue weighted by atomic mass is 16.6. The van der Waals surface area contributed by atoms with E-state index in [-0.39, 0.29) is 22.2 Å². The highest BCUT2D eigenvalue weighted by Gasteiger charge is 2.19. The SMILES string of the molecule is Cc1cc(-c2cc([N+](=O)[O-])ccc2Oc2ccc(C(C)(C)C)cc2)c(C#N)c(=O)[nH]1. The third-order valence-electron chi connectivity index (χ3n) is 4.69. The largest absolute Gasteiger partial charge is 0.457 e. The van der Waals surface area contributed by atoms with E-state index in [9.17, 15) is 20.2 Å². The Kier molecular flexibility index (Phi) is 5.43. The Balaban J connectivity index is 2.15. The maximum absolute atomic E-state index is 12.2. The van der Waals surface area contributed by atoms with Crippen molar-refractivity contribution in [1.29, 1.82) is 5.26 Å². The molecule has 1 N–H and O–H groups in total. The van der Waals surface area contributed by atoms with Crippen molar-refractivity contribution in [2.24, 2.45) is 0 Å². The summed E-state index contributed by atoms with van der Waals surface area (Å²) in [7, 11) is 0. The van der Waals surface area contributed by atoms with Gasteiger partial charge in [-0.3, -0.25) is 14.9 Å². The maximum Gasteiger partial charge on any atom is 0.270 e. The van der Waals surface area contributed by atoms with E-state index in [1.807, 2.05) is 30.3 Å². The van der Waals surface area contributed by atoms with Crippen molar-refractivity contribution >= 4 is 5.69 Å². The van der Waals surface area contributed by atoms with Gasteiger partial charge in [-0.15, -0.1) is 0 Å². The van der Waals surface area contributed by atoms with Gasteiger partial charge in [0.2, 0.25) is 0 Å². The van der Waals surface area contributed by atoms with Crippen LogP contribution >= 0.6 is 0 Å². The number of H-pyrrole nitrogens is 1. The van der Waals surface area contributed by atoms with Gasteiger partial charge in [0.1, 0.15) is 23.1 Å². The van der Waals surface area contributed by atoms with Gasteiger partial charge in [0, 0.05) is 29.0 Å². The Hall–Kier alpha value is -3.92. The van der Waals surface area contributed by atoms with Gasteiger partial charge in [0.15, 0.2) is 0 Å². The number of non-ortho nitro benzene ring substituents is 1. The van der Waals surface area contributed by atoms with E-state index in [0.717, 1.165) is 5.56 Å². The summed E-state index contributed by atoms with van der Waals surface area (Å²) < 4.78 is 6.00. The summed E-state index contributed by atoms with van der Waals surface area (Å²) in [6.45, 7) is 8.00. The monoisotopic (exact) mass is 403 g/mol. The fourth-order valence-electron chi connectivity index (χ4n) is 3.09. The molecular formula is C23H21N3O4. The Bertz CT molecular complexity index is 1210. The zero-order chi connectivity index (χ0) is 22.1. The molecule has 152 valence electrons. The number of nitro benzene ring substituents is 1. The predicted molar refractivity (Wildman–Crippen MR) is 114 cm³/mol. The average molecular weight is 403 g/mol. The van der Waals surface area contributed by atoms with E-state index >= 15 is 0 Å². The van der Waals surface area contributed by atoms with Crippen molar-refractivity contribution in [2.75, 3.05) is 0 Å². The molecular weight excluding hydrogens is 382 g/mol. The average Bonchev–Trinajstić information content (AvgIpc) is 2.67. The molecule has 0 aliphatic heterocycles. The first-order chi connectivity index (χ1) is 14.1. The van der Waals surface area contributed by atoms with E-state index in [0.29, 0.717) is 22.8 Å². The van der Waals surface area contributed by atoms with Crippen LogP contribution in [0.2, 0.25) is 0 Å². The zero-order valence-corrected chi connectivity index (χ0v) is 17.1. The Morgan fingerprint density at radius 1 is 1.07 bits per heavy atom. The number of ether oxygens (including phenoxy) is 1. The summed E-state index contributed by atoms with van der Waals surface area (Å²) in [5.41, 5.74) is 1.38. The highest BCUT2D eigenvalue weighted by molar-refractivity contribution is 5.77. The van der Waals surface area contributed by atoms with Crippen LogP contribution in [-0.4, -0.2) is 9.91 Å². The minimum absolute atomic E-state index is 0.0126. The molecule has 0 radical (unpaired) electrons. The Morgan fingerprint density at radius 3 is 2.30 bits per heavy atom. The van der Waals surface area contributed by atoms with E-state index in [1.165, 1.54) is 18.2 Å². The second-order valence-corrected chi connectivity index (χ2v) is 8.00. The number of pyridine rings is 1. The molecule has 7 heteroatoms. The molecule has 0 saturated carbocycles. The molecule has 1 aromatic heterocycles. The van der Waals surface area contributed by atoms with Crippen LogP contribution in [0.1, 0.15) is 37.6 Å². The summed E-state index contributed by atoms with van der Waals surface area (Å²) in [4.78, 5) is 25.6. The fourth-order valence-corrected chi connectivity index (χ4v) is 3.09. The Morgan fingerprint density at radius 2 is 1.73 bits per heavy atom. The normalized spacial score (nSPS) is 11.0. The zero-order valence-electron chi connectivity index (χ0n) is 17.1. The van der Waals surface area contributed by atoms with Gasteiger partial charge in [-0.2, -0.15) is 5.26 Å². The molecule has 1 heterocycles. The smallest absolute Gasteiger partial charge is 0.270 e. The van der Waals surface area contributed by atoms with Crippen LogP contribution in [0.15, 0.2) is 53.3 Å². The number of nitrogens with one attached hydrogen (secondary N) is 1. The van der Waals surface area contributed by atoms with Crippen LogP contribution in [0.5, 0.6) is 11.5 Å². The van der Waals surface area contributed by atoms with Gasteiger partial charge in [-0.1, -0.05) is 32.9 Å². The van der Waals surface area contributed by atoms with Gasteiger partial charge in [-0.25, -0.2) is 0 Å². The van der Waals surface area contributed by atoms with Gasteiger partial charge >= 0.3 is 0 Å². The standard InChI is InChI=1S/C23H21N3O4/c1-14-11-18(20(13-24)22(27)25-14)19-12-16(26(28)29)7-10-21(19)30-17-8-5-15(6-9-17)23(2,3)4/h5-12H,1-4H3,(H,25,27). The summed E-state index contributed by atoms with van der Waals surface area (Å²) in [5, 5.41) is 20.8. The topological polar surface area (TPSA) is 109 Å². The molecule has 0 atom stereocenters. The number of aromatic nitrogens is 1. The van der Waals surface area contributed by atoms with Crippen LogP contribution in [0.4, 0.5) is 5.69 Å². The minimum Gasteiger partial charge on any atom is -0.457 e. The van der Waals surface area contributed by atoms with Gasteiger partial charge in [0.05, 0.1) is 4.92 Å². The molecule has 3 aromatic rings. The first-order valence-corrected chi connectivity index (χ1v) is 9.31. The number of rotatable bonds is 4. The third-order valence-corrected chi connectivity index (χ3v) is 4.69. The van der Waals surface area contributed by atoms with Crippen LogP contribution in [0, 0.1) is 28.4 Å². The van der Waals surface area contributed by atoms with Crippen LogP contribution in [0.3, 0.4) is 0 Å². The molecule has 0 spiro atoms. The molecule has 30 heavy (non-hydrogen) atoms. The molecule has 2 aromatic carbocycles. The molecule has 0 saturated heterocycles. The molecule has 0 bridgehead atoms. The number of benzene rings is 2. The molecule has 0 fully saturated rings. The first-order valence-electron chi connectivity index (χ1n) is 9.31. The van der Waals surface area contributed by atoms with Crippen molar-refractivity contribution in [2.45, 2.75) is 33.1 Å². The first kappa shape index (κ1) is 20.8. The van der Waals surface area contributed by atoms with E-state index in [2.05, 4.69) is 25.8 Å². The predicted octanol–water partition coefficient (Wildman–Crippen LogP) is 5.22. The lowest BCUT2D eigenvalue weighted by Crippen LogP contribution is -2.13. The second-order valence-electron chi connectivity index (χ2n) is 8.00. The van der Waals surface area contributed by atoms with E-state index < -0.39 is 10.5 Å². The number of hydrogen-bond donors (Lipinski definition) is 1. The van der Waals surface area contributed by atoms with Crippen molar-refractivity contribution < 1.29 is 9.66 Å². The molecule has 0 aliphatic carbocycles. The summed E-state index contributed by atoms with van der Waals surface area (Å²) in [5.74, 6) is 0.851. The molecule has 0 aliphatic rings. The van der Waals surface area contributed by atoms with Crippen LogP contribution in [0.25, 0.3) is 11.1 Å². The van der Waals surface area contributed by atoms with Gasteiger partial charge in [-0.05, 0) is 42.2 Å². The van der Waals surface area contributed by atoms with Gasteiger partial charge < -0.3 is 9.72 Å². The van der Waals surface area contributed by atoms with Crippen molar-refractivity contribution in [1.82, 2.24) is 4.98 Å². The molecule has 0 amide bonds. The lowest BCUT2D eigenvalue weighted by atomic mass is 9.87. The number of hydrogen-bond acceptors (Lipinski definition) is 5. The number of nitro groups is 1.